The molecule has 0 aliphatic rings. The van der Waals surface area contributed by atoms with E-state index in [2.05, 4.69) is 5.32 Å². The van der Waals surface area contributed by atoms with Crippen molar-refractivity contribution in [3.8, 4) is 0 Å². The van der Waals surface area contributed by atoms with E-state index in [0.29, 0.717) is 18.8 Å². The van der Waals surface area contributed by atoms with Crippen LogP contribution in [0.25, 0.3) is 0 Å². The second-order valence-electron chi connectivity index (χ2n) is 3.84. The van der Waals surface area contributed by atoms with Crippen molar-refractivity contribution >= 4 is 17.3 Å². The standard InChI is InChI=1S/C12H17N3O3/c1-4-13-9-6-7-11(15(17)18)10(8-9)12(16)14(3)5-2/h6-8,13H,4-5H2,1-3H3. The van der Waals surface area contributed by atoms with Gasteiger partial charge in [-0.2, -0.15) is 0 Å². The van der Waals surface area contributed by atoms with Crippen molar-refractivity contribution < 1.29 is 9.72 Å². The van der Waals surface area contributed by atoms with Gasteiger partial charge in [-0.3, -0.25) is 14.9 Å². The number of hydrogen-bond acceptors (Lipinski definition) is 4. The summed E-state index contributed by atoms with van der Waals surface area (Å²) in [6.07, 6.45) is 0. The summed E-state index contributed by atoms with van der Waals surface area (Å²) in [7, 11) is 1.62. The first-order valence-corrected chi connectivity index (χ1v) is 5.79. The highest BCUT2D eigenvalue weighted by atomic mass is 16.6. The predicted octanol–water partition coefficient (Wildman–Crippen LogP) is 2.12. The van der Waals surface area contributed by atoms with E-state index in [9.17, 15) is 14.9 Å². The van der Waals surface area contributed by atoms with Crippen molar-refractivity contribution in [2.75, 3.05) is 25.5 Å². The molecule has 0 radical (unpaired) electrons. The molecule has 0 atom stereocenters. The van der Waals surface area contributed by atoms with Crippen LogP contribution < -0.4 is 5.32 Å². The second kappa shape index (κ2) is 6.00. The molecular formula is C12H17N3O3. The minimum absolute atomic E-state index is 0.114. The van der Waals surface area contributed by atoms with Crippen molar-refractivity contribution in [3.63, 3.8) is 0 Å². The molecule has 0 fully saturated rings. The Hall–Kier alpha value is -2.11. The second-order valence-corrected chi connectivity index (χ2v) is 3.84. The maximum Gasteiger partial charge on any atom is 0.282 e. The van der Waals surface area contributed by atoms with Gasteiger partial charge < -0.3 is 10.2 Å². The van der Waals surface area contributed by atoms with E-state index in [-0.39, 0.29) is 17.2 Å². The van der Waals surface area contributed by atoms with Crippen LogP contribution in [-0.2, 0) is 0 Å². The van der Waals surface area contributed by atoms with Gasteiger partial charge in [0.05, 0.1) is 4.92 Å². The van der Waals surface area contributed by atoms with Gasteiger partial charge in [0, 0.05) is 31.9 Å². The number of rotatable bonds is 5. The van der Waals surface area contributed by atoms with Gasteiger partial charge in [-0.15, -0.1) is 0 Å². The highest BCUT2D eigenvalue weighted by Crippen LogP contribution is 2.23. The number of nitro benzene ring substituents is 1. The van der Waals surface area contributed by atoms with E-state index < -0.39 is 4.92 Å². The smallest absolute Gasteiger partial charge is 0.282 e. The Labute approximate surface area is 106 Å². The molecule has 1 N–H and O–H groups in total. The van der Waals surface area contributed by atoms with Crippen LogP contribution in [0, 0.1) is 10.1 Å². The van der Waals surface area contributed by atoms with E-state index in [4.69, 9.17) is 0 Å². The highest BCUT2D eigenvalue weighted by Gasteiger charge is 2.22. The number of amides is 1. The quantitative estimate of drug-likeness (QED) is 0.642. The third-order valence-corrected chi connectivity index (χ3v) is 2.63. The first kappa shape index (κ1) is 14.0. The van der Waals surface area contributed by atoms with Gasteiger partial charge in [0.2, 0.25) is 0 Å². The predicted molar refractivity (Wildman–Crippen MR) is 69.9 cm³/mol. The van der Waals surface area contributed by atoms with Gasteiger partial charge in [0.1, 0.15) is 5.56 Å². The molecule has 0 unspecified atom stereocenters. The van der Waals surface area contributed by atoms with Gasteiger partial charge in [-0.25, -0.2) is 0 Å². The van der Waals surface area contributed by atoms with Gasteiger partial charge >= 0.3 is 0 Å². The molecule has 0 saturated carbocycles. The lowest BCUT2D eigenvalue weighted by Gasteiger charge is -2.15. The maximum atomic E-state index is 12.1. The molecule has 1 rings (SSSR count). The molecule has 6 nitrogen and oxygen atoms in total. The Kier molecular flexibility index (Phi) is 4.65. The number of carbonyl (C=O) groups excluding carboxylic acids is 1. The van der Waals surface area contributed by atoms with Crippen LogP contribution in [0.1, 0.15) is 24.2 Å². The molecule has 0 aromatic heterocycles. The number of nitrogens with zero attached hydrogens (tertiary/aromatic N) is 2. The van der Waals surface area contributed by atoms with Crippen molar-refractivity contribution in [1.29, 1.82) is 0 Å². The van der Waals surface area contributed by atoms with E-state index in [0.717, 1.165) is 0 Å². The summed E-state index contributed by atoms with van der Waals surface area (Å²) in [6, 6.07) is 4.48. The zero-order chi connectivity index (χ0) is 13.7. The number of hydrogen-bond donors (Lipinski definition) is 1. The first-order chi connectivity index (χ1) is 8.51. The average molecular weight is 251 g/mol. The fraction of sp³-hybridized carbons (Fsp3) is 0.417. The summed E-state index contributed by atoms with van der Waals surface area (Å²) >= 11 is 0. The Balaban J connectivity index is 3.23. The Morgan fingerprint density at radius 2 is 2.11 bits per heavy atom. The maximum absolute atomic E-state index is 12.1. The molecule has 0 saturated heterocycles. The molecule has 6 heteroatoms. The summed E-state index contributed by atoms with van der Waals surface area (Å²) < 4.78 is 0. The molecule has 1 aromatic carbocycles. The van der Waals surface area contributed by atoms with Crippen LogP contribution in [-0.4, -0.2) is 35.9 Å². The van der Waals surface area contributed by atoms with Crippen LogP contribution in [0.5, 0.6) is 0 Å². The third-order valence-electron chi connectivity index (χ3n) is 2.63. The zero-order valence-electron chi connectivity index (χ0n) is 10.8. The Morgan fingerprint density at radius 3 is 2.61 bits per heavy atom. The summed E-state index contributed by atoms with van der Waals surface area (Å²) in [5.74, 6) is -0.344. The molecule has 0 aliphatic heterocycles. The number of anilines is 1. The Bertz CT molecular complexity index is 460. The molecule has 0 heterocycles. The summed E-state index contributed by atoms with van der Waals surface area (Å²) in [5.41, 5.74) is 0.653. The van der Waals surface area contributed by atoms with Crippen molar-refractivity contribution in [1.82, 2.24) is 4.90 Å². The fourth-order valence-electron chi connectivity index (χ4n) is 1.53. The largest absolute Gasteiger partial charge is 0.385 e. The lowest BCUT2D eigenvalue weighted by Crippen LogP contribution is -2.27. The minimum Gasteiger partial charge on any atom is -0.385 e. The van der Waals surface area contributed by atoms with Crippen molar-refractivity contribution in [3.05, 3.63) is 33.9 Å². The first-order valence-electron chi connectivity index (χ1n) is 5.79. The van der Waals surface area contributed by atoms with Crippen LogP contribution in [0.4, 0.5) is 11.4 Å². The van der Waals surface area contributed by atoms with Gasteiger partial charge in [0.15, 0.2) is 0 Å². The third kappa shape index (κ3) is 2.97. The van der Waals surface area contributed by atoms with Gasteiger partial charge in [-0.05, 0) is 26.0 Å². The van der Waals surface area contributed by atoms with E-state index in [1.807, 2.05) is 13.8 Å². The molecule has 1 amide bonds. The molecule has 98 valence electrons. The summed E-state index contributed by atoms with van der Waals surface area (Å²) in [4.78, 5) is 23.9. The Morgan fingerprint density at radius 1 is 1.44 bits per heavy atom. The normalized spacial score (nSPS) is 9.94. The van der Waals surface area contributed by atoms with E-state index in [1.54, 1.807) is 13.1 Å². The van der Waals surface area contributed by atoms with E-state index >= 15 is 0 Å². The number of nitrogens with one attached hydrogen (secondary N) is 1. The monoisotopic (exact) mass is 251 g/mol. The minimum atomic E-state index is -0.535. The van der Waals surface area contributed by atoms with Crippen LogP contribution in [0.2, 0.25) is 0 Å². The molecule has 1 aromatic rings. The summed E-state index contributed by atoms with van der Waals surface area (Å²) in [6.45, 7) is 4.93. The number of nitro groups is 1. The summed E-state index contributed by atoms with van der Waals surface area (Å²) in [5, 5.41) is 14.0. The molecule has 0 bridgehead atoms. The molecule has 18 heavy (non-hydrogen) atoms. The van der Waals surface area contributed by atoms with Gasteiger partial charge in [0.25, 0.3) is 11.6 Å². The lowest BCUT2D eigenvalue weighted by molar-refractivity contribution is -0.385. The topological polar surface area (TPSA) is 75.5 Å². The van der Waals surface area contributed by atoms with Gasteiger partial charge in [-0.1, -0.05) is 0 Å². The number of benzene rings is 1. The SMILES string of the molecule is CCNc1ccc([N+](=O)[O-])c(C(=O)N(C)CC)c1. The zero-order valence-corrected chi connectivity index (χ0v) is 10.8. The fourth-order valence-corrected chi connectivity index (χ4v) is 1.53. The van der Waals surface area contributed by atoms with Crippen molar-refractivity contribution in [2.24, 2.45) is 0 Å². The van der Waals surface area contributed by atoms with Crippen LogP contribution in [0.3, 0.4) is 0 Å². The molecule has 0 spiro atoms. The van der Waals surface area contributed by atoms with Crippen molar-refractivity contribution in [2.45, 2.75) is 13.8 Å². The average Bonchev–Trinajstić information content (AvgIpc) is 2.37. The van der Waals surface area contributed by atoms with Crippen LogP contribution in [0.15, 0.2) is 18.2 Å². The lowest BCUT2D eigenvalue weighted by atomic mass is 10.1. The highest BCUT2D eigenvalue weighted by molar-refractivity contribution is 5.99. The molecule has 0 aliphatic carbocycles. The van der Waals surface area contributed by atoms with Crippen LogP contribution >= 0.6 is 0 Å². The van der Waals surface area contributed by atoms with E-state index in [1.165, 1.54) is 17.0 Å². The number of carbonyl (C=O) groups is 1. The molecular weight excluding hydrogens is 234 g/mol.